The summed E-state index contributed by atoms with van der Waals surface area (Å²) >= 11 is 3.19. The van der Waals surface area contributed by atoms with E-state index in [9.17, 15) is 0 Å². The van der Waals surface area contributed by atoms with E-state index in [4.69, 9.17) is 4.98 Å². The molecule has 0 amide bonds. The topological polar surface area (TPSA) is 50.7 Å². The van der Waals surface area contributed by atoms with Crippen molar-refractivity contribution in [3.05, 3.63) is 89.1 Å². The molecule has 1 aliphatic rings. The molecule has 4 nitrogen and oxygen atoms in total. The average Bonchev–Trinajstić information content (AvgIpc) is 3.40. The Morgan fingerprint density at radius 2 is 2.04 bits per heavy atom. The van der Waals surface area contributed by atoms with Gasteiger partial charge in [-0.3, -0.25) is 4.98 Å². The summed E-state index contributed by atoms with van der Waals surface area (Å²) in [7, 11) is 0. The Morgan fingerprint density at radius 1 is 1.14 bits per heavy atom. The monoisotopic (exact) mass is 404 g/mol. The Kier molecular flexibility index (Phi) is 5.89. The van der Waals surface area contributed by atoms with Gasteiger partial charge in [0.2, 0.25) is 0 Å². The van der Waals surface area contributed by atoms with Crippen LogP contribution in [-0.2, 0) is 0 Å². The highest BCUT2D eigenvalue weighted by Gasteiger charge is 2.15. The molecule has 1 N–H and O–H groups in total. The lowest BCUT2D eigenvalue weighted by Gasteiger charge is -2.12. The normalized spacial score (nSPS) is 16.8. The molecule has 0 saturated carbocycles. The number of pyridine rings is 1. The Bertz CT molecular complexity index is 1040. The van der Waals surface area contributed by atoms with Gasteiger partial charge in [0.25, 0.3) is 0 Å². The highest BCUT2D eigenvalue weighted by atomic mass is 32.1. The van der Waals surface area contributed by atoms with Crippen LogP contribution < -0.4 is 5.32 Å². The first-order chi connectivity index (χ1) is 13.8. The number of aromatic nitrogens is 3. The maximum absolute atomic E-state index is 4.76. The van der Waals surface area contributed by atoms with Crippen molar-refractivity contribution in [3.63, 3.8) is 0 Å². The van der Waals surface area contributed by atoms with Gasteiger partial charge in [-0.15, -0.1) is 22.7 Å². The summed E-state index contributed by atoms with van der Waals surface area (Å²) in [6.45, 7) is 2.02. The SMILES string of the molecule is C/C=C\C=C/C1=CCC(c2csc(Nc3nc(-c4cccnc4)cs3)n2)C=C1. The first-order valence-electron chi connectivity index (χ1n) is 9.08. The third kappa shape index (κ3) is 4.52. The maximum atomic E-state index is 4.76. The van der Waals surface area contributed by atoms with Gasteiger partial charge in [0.1, 0.15) is 0 Å². The van der Waals surface area contributed by atoms with Gasteiger partial charge >= 0.3 is 0 Å². The molecular weight excluding hydrogens is 384 g/mol. The molecule has 1 aliphatic carbocycles. The van der Waals surface area contributed by atoms with Crippen molar-refractivity contribution in [1.82, 2.24) is 15.0 Å². The fraction of sp³-hybridized carbons (Fsp3) is 0.136. The predicted molar refractivity (Wildman–Crippen MR) is 119 cm³/mol. The lowest BCUT2D eigenvalue weighted by atomic mass is 9.94. The molecule has 1 atom stereocenters. The van der Waals surface area contributed by atoms with E-state index in [1.807, 2.05) is 42.8 Å². The number of anilines is 2. The van der Waals surface area contributed by atoms with Crippen LogP contribution in [0.5, 0.6) is 0 Å². The Labute approximate surface area is 172 Å². The van der Waals surface area contributed by atoms with Gasteiger partial charge < -0.3 is 5.32 Å². The van der Waals surface area contributed by atoms with Crippen molar-refractivity contribution in [3.8, 4) is 11.3 Å². The lowest BCUT2D eigenvalue weighted by Crippen LogP contribution is -1.99. The highest BCUT2D eigenvalue weighted by Crippen LogP contribution is 2.32. The van der Waals surface area contributed by atoms with Crippen molar-refractivity contribution < 1.29 is 0 Å². The van der Waals surface area contributed by atoms with E-state index in [2.05, 4.69) is 51.0 Å². The summed E-state index contributed by atoms with van der Waals surface area (Å²) in [4.78, 5) is 13.6. The van der Waals surface area contributed by atoms with E-state index >= 15 is 0 Å². The van der Waals surface area contributed by atoms with E-state index in [-0.39, 0.29) is 0 Å². The first-order valence-corrected chi connectivity index (χ1v) is 10.8. The molecule has 1 unspecified atom stereocenters. The van der Waals surface area contributed by atoms with Crippen molar-refractivity contribution in [1.29, 1.82) is 0 Å². The molecule has 6 heteroatoms. The van der Waals surface area contributed by atoms with Gasteiger partial charge in [-0.05, 0) is 31.1 Å². The second kappa shape index (κ2) is 8.91. The largest absolute Gasteiger partial charge is 0.307 e. The molecule has 3 aromatic rings. The molecule has 0 spiro atoms. The van der Waals surface area contributed by atoms with Crippen LogP contribution in [0.25, 0.3) is 11.3 Å². The Hall–Kier alpha value is -2.83. The van der Waals surface area contributed by atoms with Crippen molar-refractivity contribution in [2.45, 2.75) is 19.3 Å². The zero-order valence-electron chi connectivity index (χ0n) is 15.4. The zero-order valence-corrected chi connectivity index (χ0v) is 17.1. The molecule has 0 fully saturated rings. The number of nitrogens with one attached hydrogen (secondary N) is 1. The van der Waals surface area contributed by atoms with Crippen LogP contribution in [0.4, 0.5) is 10.3 Å². The van der Waals surface area contributed by atoms with Crippen LogP contribution in [-0.4, -0.2) is 15.0 Å². The van der Waals surface area contributed by atoms with Gasteiger partial charge in [-0.1, -0.05) is 42.5 Å². The molecule has 4 rings (SSSR count). The van der Waals surface area contributed by atoms with Gasteiger partial charge in [0.15, 0.2) is 10.3 Å². The molecule has 0 radical (unpaired) electrons. The van der Waals surface area contributed by atoms with E-state index in [0.29, 0.717) is 5.92 Å². The Morgan fingerprint density at radius 3 is 2.82 bits per heavy atom. The predicted octanol–water partition coefficient (Wildman–Crippen LogP) is 6.51. The number of thiazole rings is 2. The number of hydrogen-bond acceptors (Lipinski definition) is 6. The van der Waals surface area contributed by atoms with Crippen molar-refractivity contribution in [2.75, 3.05) is 5.32 Å². The molecule has 0 aromatic carbocycles. The summed E-state index contributed by atoms with van der Waals surface area (Å²) in [5, 5.41) is 9.21. The van der Waals surface area contributed by atoms with Gasteiger partial charge in [-0.25, -0.2) is 9.97 Å². The second-order valence-electron chi connectivity index (χ2n) is 6.27. The van der Waals surface area contributed by atoms with E-state index in [1.54, 1.807) is 28.9 Å². The number of hydrogen-bond donors (Lipinski definition) is 1. The fourth-order valence-electron chi connectivity index (χ4n) is 2.84. The highest BCUT2D eigenvalue weighted by molar-refractivity contribution is 7.16. The molecule has 140 valence electrons. The third-order valence-electron chi connectivity index (χ3n) is 4.30. The molecular formula is C22H20N4S2. The summed E-state index contributed by atoms with van der Waals surface area (Å²) in [6.07, 6.45) is 19.5. The minimum Gasteiger partial charge on any atom is -0.307 e. The minimum absolute atomic E-state index is 0.327. The van der Waals surface area contributed by atoms with Crippen molar-refractivity contribution >= 4 is 32.9 Å². The summed E-state index contributed by atoms with van der Waals surface area (Å²) in [5.74, 6) is 0.327. The molecule has 3 heterocycles. The summed E-state index contributed by atoms with van der Waals surface area (Å²) in [5.41, 5.74) is 4.29. The first kappa shape index (κ1) is 18.5. The minimum atomic E-state index is 0.327. The maximum Gasteiger partial charge on any atom is 0.189 e. The van der Waals surface area contributed by atoms with Crippen LogP contribution in [0.15, 0.2) is 83.4 Å². The third-order valence-corrected chi connectivity index (χ3v) is 5.83. The van der Waals surface area contributed by atoms with Crippen LogP contribution in [0.3, 0.4) is 0 Å². The average molecular weight is 405 g/mol. The van der Waals surface area contributed by atoms with E-state index < -0.39 is 0 Å². The zero-order chi connectivity index (χ0) is 19.2. The molecule has 0 bridgehead atoms. The fourth-order valence-corrected chi connectivity index (χ4v) is 4.40. The van der Waals surface area contributed by atoms with E-state index in [0.717, 1.165) is 33.6 Å². The van der Waals surface area contributed by atoms with Gasteiger partial charge in [0.05, 0.1) is 11.4 Å². The number of nitrogens with zero attached hydrogens (tertiary/aromatic N) is 3. The smallest absolute Gasteiger partial charge is 0.189 e. The lowest BCUT2D eigenvalue weighted by molar-refractivity contribution is 0.821. The summed E-state index contributed by atoms with van der Waals surface area (Å²) < 4.78 is 0. The van der Waals surface area contributed by atoms with E-state index in [1.165, 1.54) is 5.57 Å². The van der Waals surface area contributed by atoms with Gasteiger partial charge in [0, 0.05) is 34.6 Å². The quantitative estimate of drug-likeness (QED) is 0.476. The number of allylic oxidation sites excluding steroid dienone is 8. The van der Waals surface area contributed by atoms with Gasteiger partial charge in [-0.2, -0.15) is 0 Å². The standard InChI is InChI=1S/C22H20N4S2/c1-2-3-4-6-16-8-10-17(11-9-16)19-14-27-21(24-19)26-22-25-20(15-28-22)18-7-5-12-23-13-18/h2-10,12-15,17H,11H2,1H3,(H,24,25,26)/b3-2-,6-4-. The summed E-state index contributed by atoms with van der Waals surface area (Å²) in [6, 6.07) is 3.93. The molecule has 3 aromatic heterocycles. The van der Waals surface area contributed by atoms with Crippen LogP contribution >= 0.6 is 22.7 Å². The molecule has 0 aliphatic heterocycles. The Balaban J connectivity index is 1.39. The molecule has 0 saturated heterocycles. The molecule has 28 heavy (non-hydrogen) atoms. The van der Waals surface area contributed by atoms with Crippen LogP contribution in [0, 0.1) is 0 Å². The van der Waals surface area contributed by atoms with Crippen LogP contribution in [0.2, 0.25) is 0 Å². The number of rotatable bonds is 6. The van der Waals surface area contributed by atoms with Crippen LogP contribution in [0.1, 0.15) is 25.0 Å². The van der Waals surface area contributed by atoms with Crippen molar-refractivity contribution in [2.24, 2.45) is 0 Å². The second-order valence-corrected chi connectivity index (χ2v) is 7.99.